The molecule has 1 aliphatic heterocycles. The van der Waals surface area contributed by atoms with E-state index in [2.05, 4.69) is 18.0 Å². The molecule has 1 saturated carbocycles. The summed E-state index contributed by atoms with van der Waals surface area (Å²) in [7, 11) is 1.50. The molecule has 0 bridgehead atoms. The monoisotopic (exact) mass is 441 g/mol. The van der Waals surface area contributed by atoms with Crippen LogP contribution < -0.4 is 4.74 Å². The van der Waals surface area contributed by atoms with Crippen molar-refractivity contribution in [3.8, 4) is 11.5 Å². The van der Waals surface area contributed by atoms with Crippen LogP contribution in [0.3, 0.4) is 0 Å². The Morgan fingerprint density at radius 1 is 1.28 bits per heavy atom. The number of rotatable bonds is 10. The second kappa shape index (κ2) is 11.3. The van der Waals surface area contributed by atoms with Gasteiger partial charge < -0.3 is 14.6 Å². The molecule has 0 aromatic heterocycles. The number of nitrogens with zero attached hydrogens (tertiary/aromatic N) is 1. The lowest BCUT2D eigenvalue weighted by molar-refractivity contribution is -0.152. The zero-order chi connectivity index (χ0) is 23.1. The number of Topliss-reactive ketones (excluding diaryl/α,β-unsaturated/α-hetero) is 1. The normalized spacial score (nSPS) is 23.5. The Hall–Kier alpha value is -2.63. The number of ketones is 1. The molecule has 0 radical (unpaired) electrons. The van der Waals surface area contributed by atoms with Gasteiger partial charge in [-0.15, -0.1) is 0 Å². The van der Waals surface area contributed by atoms with E-state index < -0.39 is 6.10 Å². The molecule has 1 aliphatic carbocycles. The number of esters is 1. The highest BCUT2D eigenvalue weighted by Gasteiger charge is 2.39. The summed E-state index contributed by atoms with van der Waals surface area (Å²) in [6.07, 6.45) is 9.10. The Balaban J connectivity index is 1.70. The number of methoxy groups -OCH3 is 1. The number of hydrogen-bond acceptors (Lipinski definition) is 6. The van der Waals surface area contributed by atoms with E-state index >= 15 is 0 Å². The summed E-state index contributed by atoms with van der Waals surface area (Å²) in [6, 6.07) is 5.12. The molecule has 0 spiro atoms. The number of phenolic OH excluding ortho intramolecular Hbond substituents is 1. The van der Waals surface area contributed by atoms with Crippen LogP contribution in [0.5, 0.6) is 11.5 Å². The standard InChI is InChI=1S/C26H35NO5/c1-4-18-6-9-22(20-11-12-27-16-20)23(13-18)25(32-17(2)28)15-21(29)8-5-19-7-10-24(30)26(14-19)31-3/h7,10-11,14,16,18,22-23,25,30H,4-6,8-9,12-13,15H2,1-3H3/t18-,22-,23+,25+/m1/s1. The Labute approximate surface area is 190 Å². The van der Waals surface area contributed by atoms with Gasteiger partial charge in [-0.05, 0) is 60.8 Å². The molecule has 3 rings (SSSR count). The highest BCUT2D eigenvalue weighted by atomic mass is 16.5. The molecule has 4 atom stereocenters. The number of carbonyl (C=O) groups excluding carboxylic acids is 2. The van der Waals surface area contributed by atoms with Crippen molar-refractivity contribution in [1.29, 1.82) is 0 Å². The molecule has 1 heterocycles. The molecule has 6 heteroatoms. The van der Waals surface area contributed by atoms with E-state index in [1.807, 2.05) is 6.21 Å². The third kappa shape index (κ3) is 6.21. The van der Waals surface area contributed by atoms with Crippen LogP contribution in [-0.2, 0) is 20.7 Å². The molecule has 1 aromatic rings. The minimum absolute atomic E-state index is 0.0785. The van der Waals surface area contributed by atoms with Crippen molar-refractivity contribution >= 4 is 18.0 Å². The molecule has 0 saturated heterocycles. The van der Waals surface area contributed by atoms with Crippen molar-refractivity contribution in [2.45, 2.75) is 64.9 Å². The van der Waals surface area contributed by atoms with Gasteiger partial charge in [-0.1, -0.05) is 25.5 Å². The summed E-state index contributed by atoms with van der Waals surface area (Å²) in [5.74, 6) is 1.22. The van der Waals surface area contributed by atoms with Crippen LogP contribution in [-0.4, -0.2) is 42.8 Å². The van der Waals surface area contributed by atoms with Gasteiger partial charge in [-0.25, -0.2) is 0 Å². The van der Waals surface area contributed by atoms with E-state index in [9.17, 15) is 14.7 Å². The van der Waals surface area contributed by atoms with E-state index in [-0.39, 0.29) is 35.8 Å². The number of carbonyl (C=O) groups is 2. The van der Waals surface area contributed by atoms with Crippen molar-refractivity contribution in [2.24, 2.45) is 22.7 Å². The van der Waals surface area contributed by atoms with Crippen molar-refractivity contribution < 1.29 is 24.2 Å². The zero-order valence-corrected chi connectivity index (χ0v) is 19.4. The fourth-order valence-corrected chi connectivity index (χ4v) is 5.09. The first kappa shape index (κ1) is 24.0. The zero-order valence-electron chi connectivity index (χ0n) is 19.4. The number of aromatic hydroxyl groups is 1. The number of benzene rings is 1. The lowest BCUT2D eigenvalue weighted by Crippen LogP contribution is -2.38. The van der Waals surface area contributed by atoms with Gasteiger partial charge in [0.15, 0.2) is 11.5 Å². The maximum Gasteiger partial charge on any atom is 0.302 e. The Morgan fingerprint density at radius 2 is 2.09 bits per heavy atom. The Kier molecular flexibility index (Phi) is 8.48. The first-order valence-corrected chi connectivity index (χ1v) is 11.7. The highest BCUT2D eigenvalue weighted by Crippen LogP contribution is 2.43. The number of aryl methyl sites for hydroxylation is 1. The van der Waals surface area contributed by atoms with E-state index in [0.717, 1.165) is 31.2 Å². The first-order valence-electron chi connectivity index (χ1n) is 11.7. The van der Waals surface area contributed by atoms with Crippen molar-refractivity contribution in [3.63, 3.8) is 0 Å². The minimum Gasteiger partial charge on any atom is -0.504 e. The van der Waals surface area contributed by atoms with Crippen LogP contribution in [0, 0.1) is 17.8 Å². The number of allylic oxidation sites excluding steroid dienone is 1. The second-order valence-corrected chi connectivity index (χ2v) is 8.95. The summed E-state index contributed by atoms with van der Waals surface area (Å²) in [6.45, 7) is 4.34. The number of hydrogen-bond donors (Lipinski definition) is 1. The van der Waals surface area contributed by atoms with Crippen LogP contribution in [0.2, 0.25) is 0 Å². The van der Waals surface area contributed by atoms with Crippen LogP contribution >= 0.6 is 0 Å². The average molecular weight is 442 g/mol. The highest BCUT2D eigenvalue weighted by molar-refractivity contribution is 5.82. The van der Waals surface area contributed by atoms with Crippen LogP contribution in [0.15, 0.2) is 34.8 Å². The quantitative estimate of drug-likeness (QED) is 0.533. The van der Waals surface area contributed by atoms with Gasteiger partial charge >= 0.3 is 5.97 Å². The molecule has 1 fully saturated rings. The molecule has 1 aromatic carbocycles. The van der Waals surface area contributed by atoms with Crippen molar-refractivity contribution in [1.82, 2.24) is 0 Å². The van der Waals surface area contributed by atoms with Gasteiger partial charge in [0.1, 0.15) is 11.9 Å². The maximum absolute atomic E-state index is 12.9. The minimum atomic E-state index is -0.413. The molecule has 0 amide bonds. The number of aliphatic imine (C=N–C) groups is 1. The number of phenols is 1. The summed E-state index contributed by atoms with van der Waals surface area (Å²) in [5.41, 5.74) is 2.15. The van der Waals surface area contributed by atoms with Crippen LogP contribution in [0.25, 0.3) is 0 Å². The van der Waals surface area contributed by atoms with Gasteiger partial charge in [0.25, 0.3) is 0 Å². The lowest BCUT2D eigenvalue weighted by Gasteiger charge is -2.40. The van der Waals surface area contributed by atoms with Gasteiger partial charge in [0.05, 0.1) is 13.7 Å². The van der Waals surface area contributed by atoms with E-state index in [4.69, 9.17) is 9.47 Å². The van der Waals surface area contributed by atoms with Gasteiger partial charge in [-0.3, -0.25) is 14.6 Å². The summed E-state index contributed by atoms with van der Waals surface area (Å²) in [4.78, 5) is 29.2. The molecule has 1 N–H and O–H groups in total. The summed E-state index contributed by atoms with van der Waals surface area (Å²) < 4.78 is 10.9. The van der Waals surface area contributed by atoms with Gasteiger partial charge in [0.2, 0.25) is 0 Å². The predicted molar refractivity (Wildman–Crippen MR) is 124 cm³/mol. The molecule has 32 heavy (non-hydrogen) atoms. The fourth-order valence-electron chi connectivity index (χ4n) is 5.09. The second-order valence-electron chi connectivity index (χ2n) is 8.95. The molecule has 6 nitrogen and oxygen atoms in total. The van der Waals surface area contributed by atoms with Crippen molar-refractivity contribution in [2.75, 3.05) is 13.7 Å². The number of ether oxygens (including phenoxy) is 2. The SMILES string of the molecule is CC[C@@H]1CC[C@H](C2=CCN=C2)[C@@H]([C@H](CC(=O)CCc2ccc(O)c(OC)c2)OC(C)=O)C1. The largest absolute Gasteiger partial charge is 0.504 e. The lowest BCUT2D eigenvalue weighted by atomic mass is 9.67. The average Bonchev–Trinajstić information content (AvgIpc) is 3.32. The first-order chi connectivity index (χ1) is 15.4. The third-order valence-corrected chi connectivity index (χ3v) is 6.85. The smallest absolute Gasteiger partial charge is 0.302 e. The predicted octanol–water partition coefficient (Wildman–Crippen LogP) is 4.68. The van der Waals surface area contributed by atoms with Gasteiger partial charge in [-0.2, -0.15) is 0 Å². The van der Waals surface area contributed by atoms with Crippen LogP contribution in [0.1, 0.15) is 57.9 Å². The van der Waals surface area contributed by atoms with Crippen LogP contribution in [0.4, 0.5) is 0 Å². The molecule has 0 unspecified atom stereocenters. The summed E-state index contributed by atoms with van der Waals surface area (Å²) in [5, 5.41) is 9.76. The molecular weight excluding hydrogens is 406 g/mol. The van der Waals surface area contributed by atoms with Gasteiger partial charge in [0, 0.05) is 31.9 Å². The maximum atomic E-state index is 12.9. The van der Waals surface area contributed by atoms with E-state index in [0.29, 0.717) is 31.1 Å². The fraction of sp³-hybridized carbons (Fsp3) is 0.577. The molecule has 174 valence electrons. The van der Waals surface area contributed by atoms with E-state index in [1.165, 1.54) is 19.6 Å². The Morgan fingerprint density at radius 3 is 2.75 bits per heavy atom. The van der Waals surface area contributed by atoms with E-state index in [1.54, 1.807) is 18.2 Å². The summed E-state index contributed by atoms with van der Waals surface area (Å²) >= 11 is 0. The Bertz CT molecular complexity index is 875. The topological polar surface area (TPSA) is 85.2 Å². The molecule has 2 aliphatic rings. The third-order valence-electron chi connectivity index (χ3n) is 6.85. The van der Waals surface area contributed by atoms with Crippen molar-refractivity contribution in [3.05, 3.63) is 35.4 Å². The molecular formula is C26H35NO5.